The lowest BCUT2D eigenvalue weighted by Crippen LogP contribution is -2.12. The number of aromatic amines is 1. The Hall–Kier alpha value is -1.80. The Morgan fingerprint density at radius 2 is 2.14 bits per heavy atom. The van der Waals surface area contributed by atoms with Gasteiger partial charge in [0, 0.05) is 0 Å². The normalized spacial score (nSPS) is 12.6. The van der Waals surface area contributed by atoms with Gasteiger partial charge in [-0.3, -0.25) is 4.79 Å². The van der Waals surface area contributed by atoms with E-state index in [9.17, 15) is 4.79 Å². The summed E-state index contributed by atoms with van der Waals surface area (Å²) in [6, 6.07) is 7.27. The predicted molar refractivity (Wildman–Crippen MR) is 88.2 cm³/mol. The monoisotopic (exact) mass is 334 g/mol. The van der Waals surface area contributed by atoms with Crippen LogP contribution in [-0.4, -0.2) is 26.4 Å². The highest BCUT2D eigenvalue weighted by molar-refractivity contribution is 7.99. The minimum atomic E-state index is -0.137. The maximum absolute atomic E-state index is 12.1. The van der Waals surface area contributed by atoms with Crippen LogP contribution in [0.5, 0.6) is 0 Å². The van der Waals surface area contributed by atoms with Gasteiger partial charge >= 0.3 is 0 Å². The van der Waals surface area contributed by atoms with Crippen LogP contribution < -0.4 is 5.56 Å². The predicted octanol–water partition coefficient (Wildman–Crippen LogP) is 3.02. The number of thioether (sulfide) groups is 2. The molecule has 3 aromatic rings. The Morgan fingerprint density at radius 3 is 2.95 bits per heavy atom. The van der Waals surface area contributed by atoms with Gasteiger partial charge in [0.25, 0.3) is 10.8 Å². The second kappa shape index (κ2) is 6.53. The molecule has 0 fully saturated rings. The first-order valence-electron chi connectivity index (χ1n) is 6.64. The summed E-state index contributed by atoms with van der Waals surface area (Å²) in [5.74, 6) is 1.88. The van der Waals surface area contributed by atoms with Crippen molar-refractivity contribution >= 4 is 34.4 Å². The van der Waals surface area contributed by atoms with Crippen molar-refractivity contribution in [3.8, 4) is 0 Å². The van der Waals surface area contributed by atoms with Crippen LogP contribution in [0.1, 0.15) is 23.9 Å². The number of nitrogens with zero attached hydrogens (tertiary/aromatic N) is 3. The van der Waals surface area contributed by atoms with E-state index in [2.05, 4.69) is 20.2 Å². The summed E-state index contributed by atoms with van der Waals surface area (Å²) in [6.07, 6.45) is 1.98. The van der Waals surface area contributed by atoms with Gasteiger partial charge in [-0.15, -0.1) is 10.2 Å². The van der Waals surface area contributed by atoms with E-state index in [4.69, 9.17) is 4.42 Å². The van der Waals surface area contributed by atoms with E-state index >= 15 is 0 Å². The molecular formula is C14H14N4O2S2. The van der Waals surface area contributed by atoms with Crippen molar-refractivity contribution in [3.05, 3.63) is 46.3 Å². The molecule has 0 amide bonds. The fourth-order valence-electron chi connectivity index (χ4n) is 1.97. The molecule has 114 valence electrons. The van der Waals surface area contributed by atoms with E-state index in [1.54, 1.807) is 17.8 Å². The topological polar surface area (TPSA) is 84.7 Å². The van der Waals surface area contributed by atoms with Crippen LogP contribution >= 0.6 is 23.5 Å². The molecule has 3 rings (SSSR count). The summed E-state index contributed by atoms with van der Waals surface area (Å²) in [5.41, 5.74) is 0.545. The zero-order chi connectivity index (χ0) is 15.5. The van der Waals surface area contributed by atoms with Crippen molar-refractivity contribution in [1.82, 2.24) is 20.2 Å². The molecule has 1 unspecified atom stereocenters. The minimum Gasteiger partial charge on any atom is -0.415 e. The highest BCUT2D eigenvalue weighted by Crippen LogP contribution is 2.32. The molecule has 0 spiro atoms. The van der Waals surface area contributed by atoms with Gasteiger partial charge in [0.05, 0.1) is 21.9 Å². The molecule has 6 nitrogen and oxygen atoms in total. The highest BCUT2D eigenvalue weighted by atomic mass is 32.2. The molecule has 0 aliphatic rings. The fourth-order valence-corrected chi connectivity index (χ4v) is 3.09. The van der Waals surface area contributed by atoms with Crippen molar-refractivity contribution in [3.63, 3.8) is 0 Å². The molecule has 0 aliphatic heterocycles. The van der Waals surface area contributed by atoms with Crippen LogP contribution in [-0.2, 0) is 5.75 Å². The minimum absolute atomic E-state index is 0.0973. The summed E-state index contributed by atoms with van der Waals surface area (Å²) >= 11 is 3.00. The molecule has 0 aliphatic carbocycles. The molecule has 2 heterocycles. The average molecular weight is 334 g/mol. The van der Waals surface area contributed by atoms with Gasteiger partial charge in [0.2, 0.25) is 5.89 Å². The number of hydrogen-bond acceptors (Lipinski definition) is 7. The van der Waals surface area contributed by atoms with Crippen LogP contribution in [0, 0.1) is 0 Å². The number of H-pyrrole nitrogens is 1. The summed E-state index contributed by atoms with van der Waals surface area (Å²) in [6.45, 7) is 1.94. The molecule has 1 N–H and O–H groups in total. The van der Waals surface area contributed by atoms with Gasteiger partial charge in [-0.05, 0) is 25.3 Å². The third kappa shape index (κ3) is 3.17. The first-order chi connectivity index (χ1) is 10.7. The fraction of sp³-hybridized carbons (Fsp3) is 0.286. The van der Waals surface area contributed by atoms with E-state index in [1.165, 1.54) is 11.8 Å². The summed E-state index contributed by atoms with van der Waals surface area (Å²) < 4.78 is 5.53. The highest BCUT2D eigenvalue weighted by Gasteiger charge is 2.16. The van der Waals surface area contributed by atoms with Crippen molar-refractivity contribution < 1.29 is 4.42 Å². The third-order valence-electron chi connectivity index (χ3n) is 3.01. The Labute approximate surface area is 135 Å². The number of benzene rings is 1. The Balaban J connectivity index is 1.85. The largest absolute Gasteiger partial charge is 0.415 e. The SMILES string of the molecule is CSCc1nnc(SC(C)c2nc3ccccc3c(=O)[nH]2)o1. The lowest BCUT2D eigenvalue weighted by molar-refractivity contribution is 0.426. The molecule has 1 aromatic carbocycles. The molecule has 2 aromatic heterocycles. The smallest absolute Gasteiger partial charge is 0.277 e. The Bertz CT molecular complexity index is 846. The molecule has 0 radical (unpaired) electrons. The zero-order valence-corrected chi connectivity index (χ0v) is 13.7. The Kier molecular flexibility index (Phi) is 4.49. The number of nitrogens with one attached hydrogen (secondary N) is 1. The van der Waals surface area contributed by atoms with Crippen molar-refractivity contribution in [2.45, 2.75) is 23.1 Å². The maximum Gasteiger partial charge on any atom is 0.277 e. The van der Waals surface area contributed by atoms with E-state index in [-0.39, 0.29) is 10.8 Å². The van der Waals surface area contributed by atoms with E-state index in [1.807, 2.05) is 31.4 Å². The quantitative estimate of drug-likeness (QED) is 0.718. The van der Waals surface area contributed by atoms with Crippen LogP contribution in [0.15, 0.2) is 38.7 Å². The lowest BCUT2D eigenvalue weighted by Gasteiger charge is -2.08. The van der Waals surface area contributed by atoms with Crippen LogP contribution in [0.4, 0.5) is 0 Å². The third-order valence-corrected chi connectivity index (χ3v) is 4.49. The number of para-hydroxylation sites is 1. The van der Waals surface area contributed by atoms with E-state index < -0.39 is 0 Å². The van der Waals surface area contributed by atoms with Crippen LogP contribution in [0.3, 0.4) is 0 Å². The molecule has 0 saturated heterocycles. The number of rotatable bonds is 5. The van der Waals surface area contributed by atoms with Crippen molar-refractivity contribution in [2.24, 2.45) is 0 Å². The molecule has 22 heavy (non-hydrogen) atoms. The first-order valence-corrected chi connectivity index (χ1v) is 8.91. The first kappa shape index (κ1) is 15.1. The van der Waals surface area contributed by atoms with Gasteiger partial charge < -0.3 is 9.40 Å². The van der Waals surface area contributed by atoms with Gasteiger partial charge in [-0.2, -0.15) is 11.8 Å². The lowest BCUT2D eigenvalue weighted by atomic mass is 10.2. The average Bonchev–Trinajstić information content (AvgIpc) is 2.95. The van der Waals surface area contributed by atoms with Gasteiger partial charge in [0.1, 0.15) is 5.82 Å². The van der Waals surface area contributed by atoms with Gasteiger partial charge in [-0.1, -0.05) is 23.9 Å². The summed E-state index contributed by atoms with van der Waals surface area (Å²) in [7, 11) is 0. The van der Waals surface area contributed by atoms with Gasteiger partial charge in [-0.25, -0.2) is 4.98 Å². The Morgan fingerprint density at radius 1 is 1.32 bits per heavy atom. The zero-order valence-electron chi connectivity index (χ0n) is 12.1. The number of aromatic nitrogens is 4. The van der Waals surface area contributed by atoms with E-state index in [0.29, 0.717) is 33.6 Å². The summed E-state index contributed by atoms with van der Waals surface area (Å²) in [4.78, 5) is 19.4. The van der Waals surface area contributed by atoms with Crippen LogP contribution in [0.25, 0.3) is 10.9 Å². The molecule has 8 heteroatoms. The molecule has 0 bridgehead atoms. The second-order valence-corrected chi connectivity index (χ2v) is 6.78. The second-order valence-electron chi connectivity index (χ2n) is 4.62. The number of fused-ring (bicyclic) bond motifs is 1. The van der Waals surface area contributed by atoms with Gasteiger partial charge in [0.15, 0.2) is 0 Å². The molecule has 0 saturated carbocycles. The molecular weight excluding hydrogens is 320 g/mol. The molecule has 1 atom stereocenters. The standard InChI is InChI=1S/C14H14N4O2S2/c1-8(22-14-18-17-11(20-14)7-21-2)12-15-10-6-4-3-5-9(10)13(19)16-12/h3-6,8H,7H2,1-2H3,(H,15,16,19). The van der Waals surface area contributed by atoms with E-state index in [0.717, 1.165) is 0 Å². The van der Waals surface area contributed by atoms with Crippen LogP contribution in [0.2, 0.25) is 0 Å². The van der Waals surface area contributed by atoms with Crippen molar-refractivity contribution in [2.75, 3.05) is 6.26 Å². The number of hydrogen-bond donors (Lipinski definition) is 1. The summed E-state index contributed by atoms with van der Waals surface area (Å²) in [5, 5.41) is 8.94. The van der Waals surface area contributed by atoms with Crippen molar-refractivity contribution in [1.29, 1.82) is 0 Å². The maximum atomic E-state index is 12.1.